The summed E-state index contributed by atoms with van der Waals surface area (Å²) in [5.41, 5.74) is 0.244. The molecule has 166 valence electrons. The SMILES string of the molecule is O=S(=O)(c1ccc(OC(F)F)cc1)N1CCC2(CCC(N3C[C@H]4C[C@@H]3CO4)C2)CC1. The van der Waals surface area contributed by atoms with E-state index in [1.807, 2.05) is 0 Å². The van der Waals surface area contributed by atoms with Gasteiger partial charge in [-0.05, 0) is 68.2 Å². The molecule has 0 aromatic heterocycles. The maximum Gasteiger partial charge on any atom is 0.387 e. The molecule has 5 rings (SSSR count). The van der Waals surface area contributed by atoms with Gasteiger partial charge in [0, 0.05) is 31.7 Å². The smallest absolute Gasteiger partial charge is 0.387 e. The zero-order chi connectivity index (χ0) is 20.9. The lowest BCUT2D eigenvalue weighted by Gasteiger charge is -2.40. The predicted octanol–water partition coefficient (Wildman–Crippen LogP) is 3.08. The lowest BCUT2D eigenvalue weighted by atomic mass is 9.77. The number of sulfonamides is 1. The predicted molar refractivity (Wildman–Crippen MR) is 106 cm³/mol. The molecule has 1 aliphatic carbocycles. The molecule has 0 radical (unpaired) electrons. The largest absolute Gasteiger partial charge is 0.435 e. The van der Waals surface area contributed by atoms with Crippen LogP contribution in [0, 0.1) is 5.41 Å². The van der Waals surface area contributed by atoms with Gasteiger partial charge < -0.3 is 9.47 Å². The molecule has 3 aliphatic heterocycles. The van der Waals surface area contributed by atoms with Crippen LogP contribution in [0.15, 0.2) is 29.2 Å². The molecule has 3 saturated heterocycles. The summed E-state index contributed by atoms with van der Waals surface area (Å²) in [6.45, 7) is 0.0154. The van der Waals surface area contributed by atoms with Crippen molar-refractivity contribution in [2.24, 2.45) is 5.41 Å². The van der Waals surface area contributed by atoms with E-state index in [1.165, 1.54) is 37.1 Å². The molecule has 30 heavy (non-hydrogen) atoms. The maximum absolute atomic E-state index is 13.0. The summed E-state index contributed by atoms with van der Waals surface area (Å²) >= 11 is 0. The molecule has 1 aromatic carbocycles. The summed E-state index contributed by atoms with van der Waals surface area (Å²) in [4.78, 5) is 2.77. The van der Waals surface area contributed by atoms with E-state index in [-0.39, 0.29) is 16.1 Å². The van der Waals surface area contributed by atoms with E-state index in [2.05, 4.69) is 9.64 Å². The number of halogens is 2. The topological polar surface area (TPSA) is 59.1 Å². The van der Waals surface area contributed by atoms with Gasteiger partial charge >= 0.3 is 6.61 Å². The number of morpholine rings is 1. The normalized spacial score (nSPS) is 31.8. The molecule has 0 amide bonds. The van der Waals surface area contributed by atoms with Crippen LogP contribution >= 0.6 is 0 Å². The molecule has 2 bridgehead atoms. The number of hydrogen-bond acceptors (Lipinski definition) is 5. The van der Waals surface area contributed by atoms with Crippen LogP contribution in [0.2, 0.25) is 0 Å². The number of piperidine rings is 1. The van der Waals surface area contributed by atoms with Gasteiger partial charge in [-0.25, -0.2) is 8.42 Å². The number of likely N-dealkylation sites (tertiary alicyclic amines) is 1. The third-order valence-corrected chi connectivity index (χ3v) is 9.47. The Hall–Kier alpha value is -1.29. The van der Waals surface area contributed by atoms with Crippen molar-refractivity contribution in [2.45, 2.75) is 68.2 Å². The minimum Gasteiger partial charge on any atom is -0.435 e. The third-order valence-electron chi connectivity index (χ3n) is 7.56. The van der Waals surface area contributed by atoms with Gasteiger partial charge in [0.1, 0.15) is 5.75 Å². The molecular formula is C21H28F2N2O4S. The summed E-state index contributed by atoms with van der Waals surface area (Å²) in [6, 6.07) is 6.42. The Morgan fingerprint density at radius 2 is 1.83 bits per heavy atom. The number of benzene rings is 1. The highest BCUT2D eigenvalue weighted by Gasteiger charge is 2.49. The monoisotopic (exact) mass is 442 g/mol. The van der Waals surface area contributed by atoms with E-state index >= 15 is 0 Å². The summed E-state index contributed by atoms with van der Waals surface area (Å²) in [5.74, 6) is -0.0421. The fourth-order valence-electron chi connectivity index (χ4n) is 5.93. The second kappa shape index (κ2) is 7.69. The van der Waals surface area contributed by atoms with E-state index in [4.69, 9.17) is 4.74 Å². The van der Waals surface area contributed by atoms with Crippen LogP contribution < -0.4 is 4.74 Å². The summed E-state index contributed by atoms with van der Waals surface area (Å²) < 4.78 is 62.2. The van der Waals surface area contributed by atoms with Gasteiger partial charge in [0.2, 0.25) is 10.0 Å². The van der Waals surface area contributed by atoms with Crippen molar-refractivity contribution in [2.75, 3.05) is 26.2 Å². The number of alkyl halides is 2. The van der Waals surface area contributed by atoms with E-state index in [1.54, 1.807) is 4.31 Å². The molecule has 6 nitrogen and oxygen atoms in total. The molecule has 9 heteroatoms. The molecular weight excluding hydrogens is 414 g/mol. The summed E-state index contributed by atoms with van der Waals surface area (Å²) in [5, 5.41) is 0. The number of hydrogen-bond donors (Lipinski definition) is 0. The van der Waals surface area contributed by atoms with Gasteiger partial charge in [0.25, 0.3) is 0 Å². The Morgan fingerprint density at radius 1 is 1.10 bits per heavy atom. The Labute approximate surface area is 176 Å². The quantitative estimate of drug-likeness (QED) is 0.702. The highest BCUT2D eigenvalue weighted by Crippen LogP contribution is 2.50. The first kappa shape index (κ1) is 20.6. The van der Waals surface area contributed by atoms with E-state index < -0.39 is 16.6 Å². The average molecular weight is 443 g/mol. The number of rotatable bonds is 5. The van der Waals surface area contributed by atoms with Crippen molar-refractivity contribution in [3.05, 3.63) is 24.3 Å². The highest BCUT2D eigenvalue weighted by atomic mass is 32.2. The molecule has 1 spiro atoms. The minimum atomic E-state index is -3.63. The van der Waals surface area contributed by atoms with Gasteiger partial charge in [-0.1, -0.05) is 0 Å². The minimum absolute atomic E-state index is 0.0421. The van der Waals surface area contributed by atoms with Crippen LogP contribution in [0.25, 0.3) is 0 Å². The molecule has 4 fully saturated rings. The van der Waals surface area contributed by atoms with Gasteiger partial charge in [-0.2, -0.15) is 13.1 Å². The fourth-order valence-corrected chi connectivity index (χ4v) is 7.37. The van der Waals surface area contributed by atoms with E-state index in [0.29, 0.717) is 31.3 Å². The van der Waals surface area contributed by atoms with Crippen LogP contribution in [0.5, 0.6) is 5.75 Å². The first-order chi connectivity index (χ1) is 14.3. The standard InChI is InChI=1S/C21H28F2N2O4S/c22-20(23)29-17-1-3-19(4-2-17)30(26,27)24-9-7-21(8-10-24)6-5-15(12-21)25-13-18-11-16(25)14-28-18/h1-4,15-16,18,20H,5-14H2/t15?,16-,18-/m1/s1. The molecule has 4 aliphatic rings. The average Bonchev–Trinajstić information content (AvgIpc) is 3.44. The number of ether oxygens (including phenoxy) is 2. The lowest BCUT2D eigenvalue weighted by molar-refractivity contribution is -0.0498. The Bertz CT molecular complexity index is 871. The first-order valence-corrected chi connectivity index (χ1v) is 12.2. The molecule has 0 N–H and O–H groups in total. The fraction of sp³-hybridized carbons (Fsp3) is 0.714. The van der Waals surface area contributed by atoms with Gasteiger partial charge in [0.05, 0.1) is 17.6 Å². The number of fused-ring (bicyclic) bond motifs is 2. The van der Waals surface area contributed by atoms with Gasteiger partial charge in [0.15, 0.2) is 0 Å². The second-order valence-corrected chi connectivity index (χ2v) is 11.1. The van der Waals surface area contributed by atoms with E-state index in [0.717, 1.165) is 38.8 Å². The van der Waals surface area contributed by atoms with Crippen molar-refractivity contribution in [1.29, 1.82) is 0 Å². The zero-order valence-corrected chi connectivity index (χ0v) is 17.7. The Kier molecular flexibility index (Phi) is 5.28. The lowest BCUT2D eigenvalue weighted by Crippen LogP contribution is -2.45. The third kappa shape index (κ3) is 3.74. The van der Waals surface area contributed by atoms with Crippen LogP contribution in [0.1, 0.15) is 38.5 Å². The van der Waals surface area contributed by atoms with Crippen molar-refractivity contribution in [3.8, 4) is 5.75 Å². The van der Waals surface area contributed by atoms with Crippen molar-refractivity contribution in [3.63, 3.8) is 0 Å². The molecule has 3 heterocycles. The van der Waals surface area contributed by atoms with Gasteiger partial charge in [-0.3, -0.25) is 4.90 Å². The van der Waals surface area contributed by atoms with Crippen LogP contribution in [-0.4, -0.2) is 68.7 Å². The van der Waals surface area contributed by atoms with Crippen LogP contribution in [0.3, 0.4) is 0 Å². The van der Waals surface area contributed by atoms with Gasteiger partial charge in [-0.15, -0.1) is 0 Å². The highest BCUT2D eigenvalue weighted by molar-refractivity contribution is 7.89. The number of nitrogens with zero attached hydrogens (tertiary/aromatic N) is 2. The van der Waals surface area contributed by atoms with Crippen molar-refractivity contribution in [1.82, 2.24) is 9.21 Å². The Morgan fingerprint density at radius 3 is 2.43 bits per heavy atom. The molecule has 1 saturated carbocycles. The zero-order valence-electron chi connectivity index (χ0n) is 16.9. The summed E-state index contributed by atoms with van der Waals surface area (Å²) in [6.07, 6.45) is 6.86. The van der Waals surface area contributed by atoms with E-state index in [9.17, 15) is 17.2 Å². The van der Waals surface area contributed by atoms with Crippen LogP contribution in [0.4, 0.5) is 8.78 Å². The molecule has 1 aromatic rings. The molecule has 3 atom stereocenters. The Balaban J connectivity index is 1.20. The van der Waals surface area contributed by atoms with Crippen molar-refractivity contribution < 1.29 is 26.7 Å². The van der Waals surface area contributed by atoms with Crippen LogP contribution in [-0.2, 0) is 14.8 Å². The second-order valence-electron chi connectivity index (χ2n) is 9.19. The molecule has 1 unspecified atom stereocenters. The maximum atomic E-state index is 13.0. The van der Waals surface area contributed by atoms with Crippen molar-refractivity contribution >= 4 is 10.0 Å². The first-order valence-electron chi connectivity index (χ1n) is 10.8. The summed E-state index contributed by atoms with van der Waals surface area (Å²) in [7, 11) is -3.63.